The van der Waals surface area contributed by atoms with Crippen LogP contribution in [0.4, 0.5) is 0 Å². The normalized spacial score (nSPS) is 23.3. The maximum absolute atomic E-state index is 11.4. The fraction of sp³-hybridized carbons (Fsp3) is 0.875. The topological polar surface area (TPSA) is 54.5 Å². The van der Waals surface area contributed by atoms with Crippen LogP contribution in [0.5, 0.6) is 0 Å². The number of rotatable bonds is 1. The number of hydrogen-bond donors (Lipinski definition) is 0. The summed E-state index contributed by atoms with van der Waals surface area (Å²) in [6, 6.07) is 0. The molecule has 1 aliphatic rings. The van der Waals surface area contributed by atoms with Crippen LogP contribution >= 0.6 is 0 Å². The lowest BCUT2D eigenvalue weighted by atomic mass is 9.83. The van der Waals surface area contributed by atoms with E-state index in [1.165, 1.54) is 0 Å². The lowest BCUT2D eigenvalue weighted by Gasteiger charge is -2.34. The van der Waals surface area contributed by atoms with E-state index in [4.69, 9.17) is 0 Å². The fourth-order valence-electron chi connectivity index (χ4n) is 1.47. The van der Waals surface area contributed by atoms with Crippen LogP contribution in [0.1, 0.15) is 26.7 Å². The van der Waals surface area contributed by atoms with Gasteiger partial charge in [0.15, 0.2) is 0 Å². The molecule has 0 bridgehead atoms. The minimum Gasteiger partial charge on any atom is -0.274 e. The van der Waals surface area contributed by atoms with E-state index in [-0.39, 0.29) is 11.3 Å². The highest BCUT2D eigenvalue weighted by Crippen LogP contribution is 2.31. The summed E-state index contributed by atoms with van der Waals surface area (Å²) in [6.45, 7) is 4.28. The van der Waals surface area contributed by atoms with Gasteiger partial charge >= 0.3 is 0 Å². The third-order valence-electron chi connectivity index (χ3n) is 2.30. The number of nitrogens with zero attached hydrogens (tertiary/aromatic N) is 1. The summed E-state index contributed by atoms with van der Waals surface area (Å²) >= 11 is 0. The van der Waals surface area contributed by atoms with Crippen LogP contribution in [0.25, 0.3) is 0 Å². The molecule has 0 aromatic heterocycles. The van der Waals surface area contributed by atoms with Gasteiger partial charge in [0, 0.05) is 13.0 Å². The van der Waals surface area contributed by atoms with E-state index in [2.05, 4.69) is 0 Å². The number of piperidine rings is 1. The second kappa shape index (κ2) is 2.97. The number of carbonyl (C=O) groups is 1. The van der Waals surface area contributed by atoms with E-state index in [1.807, 2.05) is 13.8 Å². The van der Waals surface area contributed by atoms with Gasteiger partial charge in [0.25, 0.3) is 0 Å². The summed E-state index contributed by atoms with van der Waals surface area (Å²) in [5.74, 6) is -0.279. The molecule has 5 heteroatoms. The Labute approximate surface area is 79.0 Å². The first-order valence-corrected chi connectivity index (χ1v) is 6.08. The highest BCUT2D eigenvalue weighted by Gasteiger charge is 2.35. The molecule has 0 aromatic carbocycles. The van der Waals surface area contributed by atoms with Crippen molar-refractivity contribution in [2.75, 3.05) is 12.8 Å². The second-order valence-corrected chi connectivity index (χ2v) is 6.23. The second-order valence-electron chi connectivity index (χ2n) is 4.32. The molecule has 0 atom stereocenters. The molecule has 1 amide bonds. The van der Waals surface area contributed by atoms with Crippen molar-refractivity contribution in [3.63, 3.8) is 0 Å². The molecule has 0 unspecified atom stereocenters. The Morgan fingerprint density at radius 1 is 1.38 bits per heavy atom. The molecule has 0 aromatic rings. The minimum atomic E-state index is -3.34. The quantitative estimate of drug-likeness (QED) is 0.629. The van der Waals surface area contributed by atoms with Gasteiger partial charge in [0.1, 0.15) is 0 Å². The summed E-state index contributed by atoms with van der Waals surface area (Å²) < 4.78 is 23.2. The minimum absolute atomic E-state index is 0.0573. The van der Waals surface area contributed by atoms with Crippen LogP contribution < -0.4 is 0 Å². The highest BCUT2D eigenvalue weighted by atomic mass is 32.2. The Bertz CT molecular complexity index is 318. The Morgan fingerprint density at radius 3 is 2.31 bits per heavy atom. The van der Waals surface area contributed by atoms with E-state index >= 15 is 0 Å². The molecular formula is C8H15NO3S. The van der Waals surface area contributed by atoms with Crippen molar-refractivity contribution in [1.82, 2.24) is 4.31 Å². The smallest absolute Gasteiger partial charge is 0.236 e. The lowest BCUT2D eigenvalue weighted by Crippen LogP contribution is -2.44. The van der Waals surface area contributed by atoms with Crippen molar-refractivity contribution in [3.05, 3.63) is 0 Å². The number of amides is 1. The monoisotopic (exact) mass is 205 g/mol. The molecule has 0 radical (unpaired) electrons. The molecule has 0 saturated carbocycles. The zero-order chi connectivity index (χ0) is 10.3. The van der Waals surface area contributed by atoms with E-state index < -0.39 is 10.0 Å². The Morgan fingerprint density at radius 2 is 1.92 bits per heavy atom. The molecule has 0 spiro atoms. The fourth-order valence-corrected chi connectivity index (χ4v) is 2.32. The molecule has 0 aliphatic carbocycles. The van der Waals surface area contributed by atoms with E-state index in [0.29, 0.717) is 13.0 Å². The largest absolute Gasteiger partial charge is 0.274 e. The molecule has 76 valence electrons. The van der Waals surface area contributed by atoms with Crippen LogP contribution in [-0.2, 0) is 14.8 Å². The number of carbonyl (C=O) groups excluding carboxylic acids is 1. The third-order valence-corrected chi connectivity index (χ3v) is 3.49. The first kappa shape index (κ1) is 10.5. The highest BCUT2D eigenvalue weighted by molar-refractivity contribution is 7.88. The van der Waals surface area contributed by atoms with Gasteiger partial charge in [-0.25, -0.2) is 12.7 Å². The maximum atomic E-state index is 11.4. The van der Waals surface area contributed by atoms with Crippen molar-refractivity contribution < 1.29 is 13.2 Å². The average molecular weight is 205 g/mol. The van der Waals surface area contributed by atoms with Gasteiger partial charge < -0.3 is 0 Å². The molecule has 4 nitrogen and oxygen atoms in total. The number of hydrogen-bond acceptors (Lipinski definition) is 3. The zero-order valence-corrected chi connectivity index (χ0v) is 9.02. The van der Waals surface area contributed by atoms with Gasteiger partial charge in [-0.3, -0.25) is 4.79 Å². The Kier molecular flexibility index (Phi) is 2.40. The van der Waals surface area contributed by atoms with Crippen LogP contribution in [0.15, 0.2) is 0 Å². The van der Waals surface area contributed by atoms with E-state index in [0.717, 1.165) is 17.0 Å². The van der Waals surface area contributed by atoms with Crippen LogP contribution in [0, 0.1) is 5.41 Å². The van der Waals surface area contributed by atoms with Crippen molar-refractivity contribution in [2.45, 2.75) is 26.7 Å². The van der Waals surface area contributed by atoms with Crippen LogP contribution in [-0.4, -0.2) is 31.4 Å². The Balaban J connectivity index is 2.82. The standard InChI is InChI=1S/C8H15NO3S/c1-8(2)4-5-9(7(10)6-8)13(3,11)12/h4-6H2,1-3H3. The molecule has 1 aliphatic heterocycles. The van der Waals surface area contributed by atoms with E-state index in [1.54, 1.807) is 0 Å². The summed E-state index contributed by atoms with van der Waals surface area (Å²) in [6.07, 6.45) is 2.13. The molecule has 0 N–H and O–H groups in total. The van der Waals surface area contributed by atoms with Crippen molar-refractivity contribution in [3.8, 4) is 0 Å². The average Bonchev–Trinajstić information content (AvgIpc) is 1.80. The van der Waals surface area contributed by atoms with Gasteiger partial charge in [-0.15, -0.1) is 0 Å². The molecule has 13 heavy (non-hydrogen) atoms. The lowest BCUT2D eigenvalue weighted by molar-refractivity contribution is -0.131. The Hall–Kier alpha value is -0.580. The van der Waals surface area contributed by atoms with Crippen molar-refractivity contribution >= 4 is 15.9 Å². The maximum Gasteiger partial charge on any atom is 0.236 e. The van der Waals surface area contributed by atoms with Gasteiger partial charge in [-0.2, -0.15) is 0 Å². The predicted molar refractivity (Wildman–Crippen MR) is 49.6 cm³/mol. The van der Waals surface area contributed by atoms with Crippen molar-refractivity contribution in [1.29, 1.82) is 0 Å². The molecular weight excluding hydrogens is 190 g/mol. The molecule has 1 saturated heterocycles. The van der Waals surface area contributed by atoms with E-state index in [9.17, 15) is 13.2 Å². The summed E-state index contributed by atoms with van der Waals surface area (Å²) in [5, 5.41) is 0. The van der Waals surface area contributed by atoms with Crippen LogP contribution in [0.2, 0.25) is 0 Å². The molecule has 1 rings (SSSR count). The first-order chi connectivity index (χ1) is 5.72. The van der Waals surface area contributed by atoms with Crippen LogP contribution in [0.3, 0.4) is 0 Å². The van der Waals surface area contributed by atoms with Gasteiger partial charge in [0.2, 0.25) is 15.9 Å². The van der Waals surface area contributed by atoms with Gasteiger partial charge in [0.05, 0.1) is 6.26 Å². The first-order valence-electron chi connectivity index (χ1n) is 4.23. The summed E-state index contributed by atoms with van der Waals surface area (Å²) in [4.78, 5) is 11.4. The summed E-state index contributed by atoms with van der Waals surface area (Å²) in [7, 11) is -3.34. The molecule has 1 fully saturated rings. The summed E-state index contributed by atoms with van der Waals surface area (Å²) in [5.41, 5.74) is -0.0573. The zero-order valence-electron chi connectivity index (χ0n) is 8.20. The van der Waals surface area contributed by atoms with Gasteiger partial charge in [-0.1, -0.05) is 13.8 Å². The van der Waals surface area contributed by atoms with Gasteiger partial charge in [-0.05, 0) is 11.8 Å². The van der Waals surface area contributed by atoms with Crippen molar-refractivity contribution in [2.24, 2.45) is 5.41 Å². The third kappa shape index (κ3) is 2.43. The predicted octanol–water partition coefficient (Wildman–Crippen LogP) is 0.595. The number of sulfonamides is 1. The SMILES string of the molecule is CC1(C)CCN(S(C)(=O)=O)C(=O)C1. The molecule has 1 heterocycles.